The molecule has 5 rings (SSSR count). The number of benzene rings is 2. The molecule has 1 unspecified atom stereocenters. The number of nitrogens with one attached hydrogen (secondary N) is 1. The van der Waals surface area contributed by atoms with Crippen molar-refractivity contribution >= 4 is 16.8 Å². The molecule has 0 aliphatic heterocycles. The summed E-state index contributed by atoms with van der Waals surface area (Å²) in [4.78, 5) is 17.6. The average molecular weight is 567 g/mol. The van der Waals surface area contributed by atoms with E-state index < -0.39 is 47.4 Å². The molecule has 0 bridgehead atoms. The van der Waals surface area contributed by atoms with Crippen LogP contribution >= 0.6 is 0 Å². The Morgan fingerprint density at radius 3 is 2.39 bits per heavy atom. The Balaban J connectivity index is 1.54. The summed E-state index contributed by atoms with van der Waals surface area (Å²) < 4.78 is 49.1. The van der Waals surface area contributed by atoms with Crippen molar-refractivity contribution in [1.29, 1.82) is 0 Å². The van der Waals surface area contributed by atoms with Gasteiger partial charge in [0.15, 0.2) is 5.82 Å². The molecule has 8 nitrogen and oxygen atoms in total. The van der Waals surface area contributed by atoms with Gasteiger partial charge in [0.05, 0.1) is 30.6 Å². The van der Waals surface area contributed by atoms with Crippen LogP contribution in [0.1, 0.15) is 47.6 Å². The van der Waals surface area contributed by atoms with Gasteiger partial charge < -0.3 is 20.3 Å². The summed E-state index contributed by atoms with van der Waals surface area (Å²) >= 11 is 0. The summed E-state index contributed by atoms with van der Waals surface area (Å²) in [7, 11) is 1.43. The number of aromatic nitrogens is 3. The van der Waals surface area contributed by atoms with Gasteiger partial charge in [0.2, 0.25) is 0 Å². The molecular weight excluding hydrogens is 537 g/mol. The van der Waals surface area contributed by atoms with Crippen LogP contribution in [0.2, 0.25) is 0 Å². The molecule has 2 aromatic heterocycles. The molecule has 1 aliphatic rings. The number of carbonyl (C=O) groups excluding carboxylic acids is 1. The highest BCUT2D eigenvalue weighted by Gasteiger charge is 2.55. The van der Waals surface area contributed by atoms with E-state index in [-0.39, 0.29) is 34.5 Å². The second kappa shape index (κ2) is 10.4. The van der Waals surface area contributed by atoms with E-state index in [4.69, 9.17) is 4.74 Å². The SMILES string of the molecule is COc1cc(C(=O)NC[C@](O)(c2cc(C(C)(C)O)c(F)c(-c3ccc(F)cc3)n2)C2C[C@@H]2F)cc2cc(C)nnc12. The lowest BCUT2D eigenvalue weighted by molar-refractivity contribution is 0.00164. The van der Waals surface area contributed by atoms with Crippen LogP contribution in [0.15, 0.2) is 48.5 Å². The molecule has 3 N–H and O–H groups in total. The Morgan fingerprint density at radius 1 is 1.10 bits per heavy atom. The van der Waals surface area contributed by atoms with E-state index in [9.17, 15) is 23.8 Å². The number of alkyl halides is 1. The van der Waals surface area contributed by atoms with E-state index in [1.807, 2.05) is 0 Å². The quantitative estimate of drug-likeness (QED) is 0.288. The Bertz CT molecular complexity index is 1640. The number of aliphatic hydroxyl groups is 2. The van der Waals surface area contributed by atoms with Gasteiger partial charge in [-0.25, -0.2) is 18.2 Å². The lowest BCUT2D eigenvalue weighted by Gasteiger charge is -2.30. The van der Waals surface area contributed by atoms with E-state index in [0.29, 0.717) is 22.3 Å². The molecule has 1 fully saturated rings. The van der Waals surface area contributed by atoms with Crippen LogP contribution in [-0.4, -0.2) is 51.1 Å². The molecule has 4 aromatic rings. The first-order valence-electron chi connectivity index (χ1n) is 13.0. The van der Waals surface area contributed by atoms with Crippen LogP contribution in [0.4, 0.5) is 13.2 Å². The average Bonchev–Trinajstić information content (AvgIpc) is 3.67. The molecular formula is C30H29F3N4O4. The second-order valence-electron chi connectivity index (χ2n) is 10.9. The Kier molecular flexibility index (Phi) is 7.20. The molecule has 0 spiro atoms. The summed E-state index contributed by atoms with van der Waals surface area (Å²) in [6.07, 6.45) is -1.39. The molecule has 214 valence electrons. The van der Waals surface area contributed by atoms with Crippen LogP contribution in [0.5, 0.6) is 5.75 Å². The number of pyridine rings is 1. The van der Waals surface area contributed by atoms with E-state index in [1.165, 1.54) is 45.2 Å². The van der Waals surface area contributed by atoms with Gasteiger partial charge in [-0.15, -0.1) is 5.10 Å². The fourth-order valence-corrected chi connectivity index (χ4v) is 4.90. The summed E-state index contributed by atoms with van der Waals surface area (Å²) in [6.45, 7) is 4.02. The second-order valence-corrected chi connectivity index (χ2v) is 10.9. The zero-order valence-corrected chi connectivity index (χ0v) is 22.9. The minimum absolute atomic E-state index is 0.00307. The molecule has 11 heteroatoms. The lowest BCUT2D eigenvalue weighted by Crippen LogP contribution is -2.44. The number of methoxy groups -OCH3 is 1. The smallest absolute Gasteiger partial charge is 0.251 e. The molecule has 41 heavy (non-hydrogen) atoms. The Morgan fingerprint density at radius 2 is 1.78 bits per heavy atom. The first-order chi connectivity index (χ1) is 19.3. The summed E-state index contributed by atoms with van der Waals surface area (Å²) in [5.41, 5.74) is -2.85. The highest BCUT2D eigenvalue weighted by molar-refractivity contribution is 5.99. The van der Waals surface area contributed by atoms with Gasteiger partial charge in [-0.3, -0.25) is 4.79 Å². The largest absolute Gasteiger partial charge is 0.494 e. The molecule has 3 atom stereocenters. The maximum absolute atomic E-state index is 15.6. The third-order valence-corrected chi connectivity index (χ3v) is 7.28. The standard InChI is InChI=1S/C30H29F3N4O4/c1-15-9-17-10-18(11-23(41-4)26(17)37-36-15)28(38)34-14-30(40,20-12-22(20)32)24-13-21(29(2,3)39)25(33)27(35-24)16-5-7-19(31)8-6-16/h5-11,13,20,22,39-40H,12,14H2,1-4H3,(H,34,38)/t20?,22-,30+/m0/s1. The predicted molar refractivity (Wildman–Crippen MR) is 145 cm³/mol. The van der Waals surface area contributed by atoms with Gasteiger partial charge in [-0.2, -0.15) is 5.10 Å². The third-order valence-electron chi connectivity index (χ3n) is 7.28. The minimum atomic E-state index is -2.06. The van der Waals surface area contributed by atoms with Gasteiger partial charge in [0.1, 0.15) is 34.6 Å². The Labute approximate surface area is 234 Å². The Hall–Kier alpha value is -4.09. The number of aryl methyl sites for hydroxylation is 1. The fourth-order valence-electron chi connectivity index (χ4n) is 4.90. The minimum Gasteiger partial charge on any atom is -0.494 e. The number of hydrogen-bond acceptors (Lipinski definition) is 7. The lowest BCUT2D eigenvalue weighted by atomic mass is 9.87. The first-order valence-corrected chi connectivity index (χ1v) is 13.0. The maximum Gasteiger partial charge on any atom is 0.251 e. The molecule has 0 saturated heterocycles. The molecule has 2 heterocycles. The van der Waals surface area contributed by atoms with Crippen molar-refractivity contribution < 1.29 is 32.9 Å². The van der Waals surface area contributed by atoms with Gasteiger partial charge >= 0.3 is 0 Å². The van der Waals surface area contributed by atoms with Crippen LogP contribution in [0, 0.1) is 24.5 Å². The van der Waals surface area contributed by atoms with Crippen molar-refractivity contribution in [2.24, 2.45) is 5.92 Å². The molecule has 1 aliphatic carbocycles. The van der Waals surface area contributed by atoms with Crippen molar-refractivity contribution in [3.63, 3.8) is 0 Å². The monoisotopic (exact) mass is 566 g/mol. The number of ether oxygens (including phenoxy) is 1. The van der Waals surface area contributed by atoms with Crippen LogP contribution in [-0.2, 0) is 11.2 Å². The number of halogens is 3. The number of carbonyl (C=O) groups is 1. The maximum atomic E-state index is 15.6. The van der Waals surface area contributed by atoms with Gasteiger partial charge in [-0.1, -0.05) is 0 Å². The van der Waals surface area contributed by atoms with Gasteiger partial charge in [-0.05, 0) is 75.7 Å². The number of amides is 1. The number of rotatable bonds is 8. The fraction of sp³-hybridized carbons (Fsp3) is 0.333. The van der Waals surface area contributed by atoms with Gasteiger partial charge in [0, 0.05) is 28.0 Å². The number of hydrogen-bond donors (Lipinski definition) is 3. The predicted octanol–water partition coefficient (Wildman–Crippen LogP) is 4.49. The third kappa shape index (κ3) is 5.47. The molecule has 1 amide bonds. The normalized spacial score (nSPS) is 18.2. The van der Waals surface area contributed by atoms with E-state index >= 15 is 4.39 Å². The van der Waals surface area contributed by atoms with Crippen molar-refractivity contribution in [3.8, 4) is 17.0 Å². The molecule has 0 radical (unpaired) electrons. The van der Waals surface area contributed by atoms with Crippen LogP contribution in [0.25, 0.3) is 22.2 Å². The van der Waals surface area contributed by atoms with Gasteiger partial charge in [0.25, 0.3) is 5.91 Å². The topological polar surface area (TPSA) is 117 Å². The summed E-state index contributed by atoms with van der Waals surface area (Å²) in [5, 5.41) is 34.0. The van der Waals surface area contributed by atoms with Crippen molar-refractivity contribution in [1.82, 2.24) is 20.5 Å². The zero-order valence-electron chi connectivity index (χ0n) is 22.9. The van der Waals surface area contributed by atoms with Crippen LogP contribution < -0.4 is 10.1 Å². The molecule has 2 aromatic carbocycles. The summed E-state index contributed by atoms with van der Waals surface area (Å²) in [6, 6.07) is 10.9. The van der Waals surface area contributed by atoms with Crippen molar-refractivity contribution in [3.05, 3.63) is 82.7 Å². The van der Waals surface area contributed by atoms with E-state index in [0.717, 1.165) is 12.1 Å². The number of nitrogens with zero attached hydrogens (tertiary/aromatic N) is 3. The molecule has 1 saturated carbocycles. The van der Waals surface area contributed by atoms with Crippen molar-refractivity contribution in [2.45, 2.75) is 44.6 Å². The van der Waals surface area contributed by atoms with E-state index in [2.05, 4.69) is 20.5 Å². The van der Waals surface area contributed by atoms with Crippen molar-refractivity contribution in [2.75, 3.05) is 13.7 Å². The summed E-state index contributed by atoms with van der Waals surface area (Å²) in [5.74, 6) is -2.62. The first kappa shape index (κ1) is 28.4. The van der Waals surface area contributed by atoms with Crippen LogP contribution in [0.3, 0.4) is 0 Å². The van der Waals surface area contributed by atoms with E-state index in [1.54, 1.807) is 19.1 Å². The zero-order chi connectivity index (χ0) is 29.7. The highest BCUT2D eigenvalue weighted by atomic mass is 19.1. The highest BCUT2D eigenvalue weighted by Crippen LogP contribution is 2.48. The number of fused-ring (bicyclic) bond motifs is 1.